The van der Waals surface area contributed by atoms with Crippen LogP contribution in [-0.2, 0) is 12.3 Å². The summed E-state index contributed by atoms with van der Waals surface area (Å²) in [5.74, 6) is 3.30. The van der Waals surface area contributed by atoms with Crippen molar-refractivity contribution in [1.82, 2.24) is 14.8 Å². The molecule has 0 radical (unpaired) electrons. The standard InChI is InChI=1S/C19H21N3O2S/c1-4-22-18(16-10-5-6-11-17(16)24-3)20-21-19(22)25-13-14-8-7-9-15(12-14)23-2/h5-12H,4,13H2,1-3H3. The third-order valence-electron chi connectivity index (χ3n) is 3.88. The molecule has 6 heteroatoms. The van der Waals surface area contributed by atoms with Gasteiger partial charge in [0, 0.05) is 12.3 Å². The Bertz CT molecular complexity index is 848. The first kappa shape index (κ1) is 17.4. The monoisotopic (exact) mass is 355 g/mol. The first-order valence-electron chi connectivity index (χ1n) is 8.09. The van der Waals surface area contributed by atoms with E-state index in [4.69, 9.17) is 9.47 Å². The van der Waals surface area contributed by atoms with Crippen LogP contribution >= 0.6 is 11.8 Å². The fraction of sp³-hybridized carbons (Fsp3) is 0.263. The minimum absolute atomic E-state index is 0.792. The average Bonchev–Trinajstić information content (AvgIpc) is 3.09. The average molecular weight is 355 g/mol. The number of nitrogens with zero attached hydrogens (tertiary/aromatic N) is 3. The van der Waals surface area contributed by atoms with E-state index in [-0.39, 0.29) is 0 Å². The van der Waals surface area contributed by atoms with Gasteiger partial charge in [-0.25, -0.2) is 0 Å². The molecule has 0 aliphatic rings. The molecule has 0 amide bonds. The fourth-order valence-corrected chi connectivity index (χ4v) is 3.56. The number of hydrogen-bond acceptors (Lipinski definition) is 5. The zero-order valence-corrected chi connectivity index (χ0v) is 15.4. The van der Waals surface area contributed by atoms with Crippen molar-refractivity contribution < 1.29 is 9.47 Å². The van der Waals surface area contributed by atoms with Crippen LogP contribution in [0.4, 0.5) is 0 Å². The van der Waals surface area contributed by atoms with E-state index in [0.29, 0.717) is 0 Å². The molecule has 0 spiro atoms. The summed E-state index contributed by atoms with van der Waals surface area (Å²) in [5, 5.41) is 9.68. The zero-order valence-electron chi connectivity index (χ0n) is 14.6. The van der Waals surface area contributed by atoms with E-state index in [1.165, 1.54) is 5.56 Å². The number of ether oxygens (including phenoxy) is 2. The highest BCUT2D eigenvalue weighted by Gasteiger charge is 2.16. The van der Waals surface area contributed by atoms with E-state index in [0.717, 1.165) is 40.3 Å². The van der Waals surface area contributed by atoms with Crippen molar-refractivity contribution in [1.29, 1.82) is 0 Å². The first-order chi connectivity index (χ1) is 12.3. The van der Waals surface area contributed by atoms with Gasteiger partial charge in [-0.15, -0.1) is 10.2 Å². The molecule has 1 heterocycles. The Hall–Kier alpha value is -2.47. The summed E-state index contributed by atoms with van der Waals surface area (Å²) in [5.41, 5.74) is 2.14. The summed E-state index contributed by atoms with van der Waals surface area (Å²) in [6.45, 7) is 2.89. The van der Waals surface area contributed by atoms with E-state index in [1.807, 2.05) is 42.5 Å². The van der Waals surface area contributed by atoms with Crippen molar-refractivity contribution >= 4 is 11.8 Å². The molecule has 0 aliphatic carbocycles. The number of hydrogen-bond donors (Lipinski definition) is 0. The van der Waals surface area contributed by atoms with Crippen LogP contribution in [0.25, 0.3) is 11.4 Å². The quantitative estimate of drug-likeness (QED) is 0.592. The van der Waals surface area contributed by atoms with Gasteiger partial charge >= 0.3 is 0 Å². The number of rotatable bonds is 7. The SMILES string of the molecule is CCn1c(SCc2cccc(OC)c2)nnc1-c1ccccc1OC. The molecule has 5 nitrogen and oxygen atoms in total. The van der Waals surface area contributed by atoms with Crippen molar-refractivity contribution in [3.63, 3.8) is 0 Å². The summed E-state index contributed by atoms with van der Waals surface area (Å²) in [6.07, 6.45) is 0. The summed E-state index contributed by atoms with van der Waals surface area (Å²) in [4.78, 5) is 0. The van der Waals surface area contributed by atoms with Gasteiger partial charge in [-0.05, 0) is 36.8 Å². The maximum absolute atomic E-state index is 5.46. The smallest absolute Gasteiger partial charge is 0.191 e. The summed E-state index contributed by atoms with van der Waals surface area (Å²) >= 11 is 1.67. The van der Waals surface area contributed by atoms with Crippen LogP contribution in [0.5, 0.6) is 11.5 Å². The lowest BCUT2D eigenvalue weighted by atomic mass is 10.2. The van der Waals surface area contributed by atoms with Crippen LogP contribution in [-0.4, -0.2) is 29.0 Å². The van der Waals surface area contributed by atoms with Gasteiger partial charge in [0.15, 0.2) is 11.0 Å². The van der Waals surface area contributed by atoms with Gasteiger partial charge in [0.2, 0.25) is 0 Å². The topological polar surface area (TPSA) is 49.2 Å². The van der Waals surface area contributed by atoms with Gasteiger partial charge in [-0.1, -0.05) is 36.0 Å². The van der Waals surface area contributed by atoms with E-state index in [1.54, 1.807) is 26.0 Å². The van der Waals surface area contributed by atoms with Gasteiger partial charge in [0.1, 0.15) is 11.5 Å². The number of benzene rings is 2. The number of aromatic nitrogens is 3. The third kappa shape index (κ3) is 3.79. The Morgan fingerprint density at radius 2 is 1.84 bits per heavy atom. The maximum Gasteiger partial charge on any atom is 0.191 e. The van der Waals surface area contributed by atoms with Crippen LogP contribution in [0.15, 0.2) is 53.7 Å². The van der Waals surface area contributed by atoms with Crippen molar-refractivity contribution in [2.24, 2.45) is 0 Å². The van der Waals surface area contributed by atoms with Gasteiger partial charge < -0.3 is 14.0 Å². The number of methoxy groups -OCH3 is 2. The highest BCUT2D eigenvalue weighted by Crippen LogP contribution is 2.31. The lowest BCUT2D eigenvalue weighted by molar-refractivity contribution is 0.414. The molecule has 3 aromatic rings. The van der Waals surface area contributed by atoms with Crippen LogP contribution in [0.3, 0.4) is 0 Å². The summed E-state index contributed by atoms with van der Waals surface area (Å²) in [6, 6.07) is 16.0. The Balaban J connectivity index is 1.85. The first-order valence-corrected chi connectivity index (χ1v) is 9.07. The molecule has 0 aliphatic heterocycles. The molecule has 0 N–H and O–H groups in total. The molecule has 1 aromatic heterocycles. The molecule has 0 unspecified atom stereocenters. The number of para-hydroxylation sites is 1. The predicted molar refractivity (Wildman–Crippen MR) is 100 cm³/mol. The van der Waals surface area contributed by atoms with Gasteiger partial charge in [-0.2, -0.15) is 0 Å². The predicted octanol–water partition coefficient (Wildman–Crippen LogP) is 4.27. The second-order valence-corrected chi connectivity index (χ2v) is 6.33. The lowest BCUT2D eigenvalue weighted by Gasteiger charge is -2.10. The van der Waals surface area contributed by atoms with Crippen molar-refractivity contribution in [2.75, 3.05) is 14.2 Å². The Morgan fingerprint density at radius 3 is 2.60 bits per heavy atom. The van der Waals surface area contributed by atoms with Gasteiger partial charge in [-0.3, -0.25) is 0 Å². The fourth-order valence-electron chi connectivity index (χ4n) is 2.62. The minimum atomic E-state index is 0.792. The minimum Gasteiger partial charge on any atom is -0.497 e. The van der Waals surface area contributed by atoms with Crippen LogP contribution in [0, 0.1) is 0 Å². The van der Waals surface area contributed by atoms with E-state index < -0.39 is 0 Å². The summed E-state index contributed by atoms with van der Waals surface area (Å²) in [7, 11) is 3.35. The van der Waals surface area contributed by atoms with Gasteiger partial charge in [0.05, 0.1) is 19.8 Å². The van der Waals surface area contributed by atoms with Crippen molar-refractivity contribution in [3.05, 3.63) is 54.1 Å². The molecule has 0 saturated carbocycles. The number of thioether (sulfide) groups is 1. The van der Waals surface area contributed by atoms with E-state index >= 15 is 0 Å². The second kappa shape index (κ2) is 8.07. The van der Waals surface area contributed by atoms with Crippen LogP contribution < -0.4 is 9.47 Å². The van der Waals surface area contributed by atoms with Crippen molar-refractivity contribution in [2.45, 2.75) is 24.4 Å². The van der Waals surface area contributed by atoms with Gasteiger partial charge in [0.25, 0.3) is 0 Å². The Labute approximate surface area is 152 Å². The highest BCUT2D eigenvalue weighted by atomic mass is 32.2. The highest BCUT2D eigenvalue weighted by molar-refractivity contribution is 7.98. The zero-order chi connectivity index (χ0) is 17.6. The van der Waals surface area contributed by atoms with Crippen LogP contribution in [0.2, 0.25) is 0 Å². The molecule has 2 aromatic carbocycles. The normalized spacial score (nSPS) is 10.7. The maximum atomic E-state index is 5.46. The molecule has 25 heavy (non-hydrogen) atoms. The third-order valence-corrected chi connectivity index (χ3v) is 4.92. The molecule has 130 valence electrons. The molecular weight excluding hydrogens is 334 g/mol. The second-order valence-electron chi connectivity index (χ2n) is 5.39. The van der Waals surface area contributed by atoms with Crippen LogP contribution in [0.1, 0.15) is 12.5 Å². The Morgan fingerprint density at radius 1 is 1.00 bits per heavy atom. The molecule has 0 bridgehead atoms. The van der Waals surface area contributed by atoms with Crippen molar-refractivity contribution in [3.8, 4) is 22.9 Å². The Kier molecular flexibility index (Phi) is 5.60. The molecule has 0 fully saturated rings. The lowest BCUT2D eigenvalue weighted by Crippen LogP contribution is -2.01. The van der Waals surface area contributed by atoms with E-state index in [2.05, 4.69) is 27.8 Å². The molecule has 0 atom stereocenters. The van der Waals surface area contributed by atoms with E-state index in [9.17, 15) is 0 Å². The summed E-state index contributed by atoms with van der Waals surface area (Å²) < 4.78 is 12.9. The molecule has 0 saturated heterocycles. The largest absolute Gasteiger partial charge is 0.497 e. The molecule has 3 rings (SSSR count). The molecular formula is C19H21N3O2S.